The van der Waals surface area contributed by atoms with Crippen LogP contribution in [-0.4, -0.2) is 23.0 Å². The lowest BCUT2D eigenvalue weighted by molar-refractivity contribution is 0.0692. The van der Waals surface area contributed by atoms with Crippen molar-refractivity contribution in [1.29, 1.82) is 0 Å². The molecule has 0 unspecified atom stereocenters. The van der Waals surface area contributed by atoms with Gasteiger partial charge in [-0.05, 0) is 37.7 Å². The molecule has 1 aromatic heterocycles. The maximum absolute atomic E-state index is 13.6. The van der Waals surface area contributed by atoms with Gasteiger partial charge in [-0.1, -0.05) is 6.07 Å². The van der Waals surface area contributed by atoms with Crippen LogP contribution in [0.2, 0.25) is 0 Å². The van der Waals surface area contributed by atoms with Crippen molar-refractivity contribution in [1.82, 2.24) is 4.90 Å². The molecule has 0 aliphatic rings. The van der Waals surface area contributed by atoms with E-state index in [-0.39, 0.29) is 5.56 Å². The number of aryl methyl sites for hydroxylation is 1. The van der Waals surface area contributed by atoms with E-state index in [9.17, 15) is 9.18 Å². The number of carboxylic acid groups (broad SMARTS) is 1. The first kappa shape index (κ1) is 14.3. The molecule has 1 aromatic carbocycles. The minimum Gasteiger partial charge on any atom is -0.478 e. The van der Waals surface area contributed by atoms with E-state index in [0.29, 0.717) is 13.1 Å². The van der Waals surface area contributed by atoms with Gasteiger partial charge in [0.1, 0.15) is 11.6 Å². The first-order valence-corrected chi connectivity index (χ1v) is 6.20. The lowest BCUT2D eigenvalue weighted by Crippen LogP contribution is -2.17. The predicted octanol–water partition coefficient (Wildman–Crippen LogP) is 3.06. The van der Waals surface area contributed by atoms with Gasteiger partial charge in [0.25, 0.3) is 0 Å². The Morgan fingerprint density at radius 2 is 2.10 bits per heavy atom. The molecule has 106 valence electrons. The predicted molar refractivity (Wildman–Crippen MR) is 72.0 cm³/mol. The zero-order valence-electron chi connectivity index (χ0n) is 11.4. The van der Waals surface area contributed by atoms with E-state index in [1.54, 1.807) is 12.3 Å². The van der Waals surface area contributed by atoms with Crippen molar-refractivity contribution in [3.05, 3.63) is 58.8 Å². The summed E-state index contributed by atoms with van der Waals surface area (Å²) in [6.07, 6.45) is 1.64. The Balaban J connectivity index is 2.05. The molecular formula is C15H16FNO3. The molecule has 0 aliphatic carbocycles. The highest BCUT2D eigenvalue weighted by Crippen LogP contribution is 2.15. The maximum atomic E-state index is 13.6. The molecule has 2 aromatic rings. The molecule has 0 fully saturated rings. The second kappa shape index (κ2) is 5.88. The number of benzene rings is 1. The largest absolute Gasteiger partial charge is 0.478 e. The molecule has 0 aliphatic heterocycles. The molecule has 0 radical (unpaired) electrons. The normalized spacial score (nSPS) is 11.0. The number of carbonyl (C=O) groups is 1. The smallest absolute Gasteiger partial charge is 0.338 e. The number of aromatic carboxylic acids is 1. The van der Waals surface area contributed by atoms with Crippen LogP contribution in [0.1, 0.15) is 27.2 Å². The third-order valence-electron chi connectivity index (χ3n) is 3.12. The van der Waals surface area contributed by atoms with E-state index in [2.05, 4.69) is 0 Å². The Morgan fingerprint density at radius 3 is 2.65 bits per heavy atom. The van der Waals surface area contributed by atoms with Gasteiger partial charge < -0.3 is 9.52 Å². The van der Waals surface area contributed by atoms with Crippen molar-refractivity contribution in [2.45, 2.75) is 20.0 Å². The number of nitrogens with zero attached hydrogens (tertiary/aromatic N) is 1. The Bertz CT molecular complexity index is 621. The SMILES string of the molecule is Cc1occc1CN(C)Cc1ccc(C(=O)O)c(F)c1. The molecule has 0 bridgehead atoms. The van der Waals surface area contributed by atoms with E-state index in [4.69, 9.17) is 9.52 Å². The minimum atomic E-state index is -1.25. The van der Waals surface area contributed by atoms with Crippen molar-refractivity contribution in [2.75, 3.05) is 7.05 Å². The van der Waals surface area contributed by atoms with Crippen LogP contribution in [0.5, 0.6) is 0 Å². The number of carboxylic acids is 1. The summed E-state index contributed by atoms with van der Waals surface area (Å²) in [5.74, 6) is -1.09. The third kappa shape index (κ3) is 3.24. The summed E-state index contributed by atoms with van der Waals surface area (Å²) in [4.78, 5) is 12.8. The van der Waals surface area contributed by atoms with Crippen LogP contribution in [0.4, 0.5) is 4.39 Å². The van der Waals surface area contributed by atoms with Gasteiger partial charge in [0.2, 0.25) is 0 Å². The Hall–Kier alpha value is -2.14. The minimum absolute atomic E-state index is 0.304. The molecule has 2 rings (SSSR count). The maximum Gasteiger partial charge on any atom is 0.338 e. The van der Waals surface area contributed by atoms with Crippen LogP contribution >= 0.6 is 0 Å². The molecule has 0 spiro atoms. The monoisotopic (exact) mass is 277 g/mol. The number of hydrogen-bond acceptors (Lipinski definition) is 3. The highest BCUT2D eigenvalue weighted by molar-refractivity contribution is 5.87. The lowest BCUT2D eigenvalue weighted by atomic mass is 10.1. The topological polar surface area (TPSA) is 53.7 Å². The highest BCUT2D eigenvalue weighted by Gasteiger charge is 2.12. The van der Waals surface area contributed by atoms with Crippen molar-refractivity contribution in [3.63, 3.8) is 0 Å². The Morgan fingerprint density at radius 1 is 1.35 bits per heavy atom. The van der Waals surface area contributed by atoms with E-state index in [1.165, 1.54) is 12.1 Å². The molecule has 20 heavy (non-hydrogen) atoms. The molecular weight excluding hydrogens is 261 g/mol. The van der Waals surface area contributed by atoms with E-state index < -0.39 is 11.8 Å². The van der Waals surface area contributed by atoms with Gasteiger partial charge in [0.05, 0.1) is 11.8 Å². The summed E-state index contributed by atoms with van der Waals surface area (Å²) in [5, 5.41) is 8.78. The molecule has 5 heteroatoms. The fourth-order valence-corrected chi connectivity index (χ4v) is 2.06. The van der Waals surface area contributed by atoms with E-state index in [1.807, 2.05) is 24.9 Å². The summed E-state index contributed by atoms with van der Waals surface area (Å²) in [5.41, 5.74) is 1.51. The molecule has 0 saturated carbocycles. The number of furan rings is 1. The fourth-order valence-electron chi connectivity index (χ4n) is 2.06. The van der Waals surface area contributed by atoms with Crippen LogP contribution < -0.4 is 0 Å². The van der Waals surface area contributed by atoms with Crippen LogP contribution in [-0.2, 0) is 13.1 Å². The van der Waals surface area contributed by atoms with Gasteiger partial charge in [0.15, 0.2) is 0 Å². The summed E-state index contributed by atoms with van der Waals surface area (Å²) >= 11 is 0. The summed E-state index contributed by atoms with van der Waals surface area (Å²) < 4.78 is 18.8. The van der Waals surface area contributed by atoms with Crippen molar-refractivity contribution >= 4 is 5.97 Å². The average molecular weight is 277 g/mol. The number of hydrogen-bond donors (Lipinski definition) is 1. The summed E-state index contributed by atoms with van der Waals surface area (Å²) in [6, 6.07) is 6.09. The first-order valence-electron chi connectivity index (χ1n) is 6.20. The first-order chi connectivity index (χ1) is 9.47. The number of rotatable bonds is 5. The van der Waals surface area contributed by atoms with Gasteiger partial charge in [0, 0.05) is 18.7 Å². The second-order valence-corrected chi connectivity index (χ2v) is 4.79. The van der Waals surface area contributed by atoms with Gasteiger partial charge in [-0.3, -0.25) is 4.90 Å². The van der Waals surface area contributed by atoms with Crippen LogP contribution in [0.3, 0.4) is 0 Å². The molecule has 0 amide bonds. The van der Waals surface area contributed by atoms with E-state index in [0.717, 1.165) is 16.9 Å². The van der Waals surface area contributed by atoms with Crippen molar-refractivity contribution in [2.24, 2.45) is 0 Å². The van der Waals surface area contributed by atoms with Crippen LogP contribution in [0, 0.1) is 12.7 Å². The van der Waals surface area contributed by atoms with Crippen LogP contribution in [0.25, 0.3) is 0 Å². The lowest BCUT2D eigenvalue weighted by Gasteiger charge is -2.16. The average Bonchev–Trinajstić information content (AvgIpc) is 2.74. The van der Waals surface area contributed by atoms with Gasteiger partial charge in [-0.25, -0.2) is 9.18 Å². The Labute approximate surface area is 116 Å². The zero-order valence-corrected chi connectivity index (χ0v) is 11.4. The second-order valence-electron chi connectivity index (χ2n) is 4.79. The van der Waals surface area contributed by atoms with Gasteiger partial charge in [-0.2, -0.15) is 0 Å². The summed E-state index contributed by atoms with van der Waals surface area (Å²) in [6.45, 7) is 3.11. The van der Waals surface area contributed by atoms with Gasteiger partial charge in [-0.15, -0.1) is 0 Å². The van der Waals surface area contributed by atoms with Crippen LogP contribution in [0.15, 0.2) is 34.9 Å². The molecule has 0 saturated heterocycles. The Kier molecular flexibility index (Phi) is 4.20. The zero-order chi connectivity index (χ0) is 14.7. The quantitative estimate of drug-likeness (QED) is 0.912. The fraction of sp³-hybridized carbons (Fsp3) is 0.267. The molecule has 4 nitrogen and oxygen atoms in total. The number of halogens is 1. The van der Waals surface area contributed by atoms with Crippen molar-refractivity contribution < 1.29 is 18.7 Å². The van der Waals surface area contributed by atoms with E-state index >= 15 is 0 Å². The molecule has 0 atom stereocenters. The molecule has 1 heterocycles. The summed E-state index contributed by atoms with van der Waals surface area (Å²) in [7, 11) is 1.91. The third-order valence-corrected chi connectivity index (χ3v) is 3.12. The van der Waals surface area contributed by atoms with Crippen molar-refractivity contribution in [3.8, 4) is 0 Å². The highest BCUT2D eigenvalue weighted by atomic mass is 19.1. The molecule has 1 N–H and O–H groups in total. The standard InChI is InChI=1S/C15H16FNO3/c1-10-12(5-6-20-10)9-17(2)8-11-3-4-13(15(18)19)14(16)7-11/h3-7H,8-9H2,1-2H3,(H,18,19). The van der Waals surface area contributed by atoms with Gasteiger partial charge >= 0.3 is 5.97 Å².